The fourth-order valence-electron chi connectivity index (χ4n) is 3.55. The molecule has 0 atom stereocenters. The van der Waals surface area contributed by atoms with E-state index >= 15 is 0 Å². The molecule has 0 spiro atoms. The number of rotatable bonds is 9. The fourth-order valence-corrected chi connectivity index (χ4v) is 4.18. The summed E-state index contributed by atoms with van der Waals surface area (Å²) in [6.07, 6.45) is 4.23. The van der Waals surface area contributed by atoms with E-state index in [1.165, 1.54) is 11.8 Å². The van der Waals surface area contributed by atoms with Crippen molar-refractivity contribution in [1.29, 1.82) is 0 Å². The van der Waals surface area contributed by atoms with Gasteiger partial charge in [-0.2, -0.15) is 0 Å². The molecule has 30 heavy (non-hydrogen) atoms. The number of benzene rings is 2. The van der Waals surface area contributed by atoms with Crippen molar-refractivity contribution in [2.24, 2.45) is 4.99 Å². The number of para-hydroxylation sites is 1. The molecule has 2 aromatic carbocycles. The molecule has 162 valence electrons. The molecule has 2 N–H and O–H groups in total. The van der Waals surface area contributed by atoms with Crippen LogP contribution in [0, 0.1) is 0 Å². The molecule has 0 bridgehead atoms. The number of ether oxygens (including phenoxy) is 1. The van der Waals surface area contributed by atoms with Crippen LogP contribution in [0.25, 0.3) is 0 Å². The first-order valence-corrected chi connectivity index (χ1v) is 12.2. The molecule has 1 aliphatic rings. The molecule has 1 aliphatic carbocycles. The third-order valence-corrected chi connectivity index (χ3v) is 6.60. The smallest absolute Gasteiger partial charge is 0.191 e. The average Bonchev–Trinajstić information content (AvgIpc) is 3.53. The molecular weight excluding hydrogens is 398 g/mol. The highest BCUT2D eigenvalue weighted by Crippen LogP contribution is 2.51. The van der Waals surface area contributed by atoms with Gasteiger partial charge in [0.25, 0.3) is 0 Å². The molecule has 0 aromatic heterocycles. The zero-order valence-corrected chi connectivity index (χ0v) is 18.8. The van der Waals surface area contributed by atoms with E-state index in [9.17, 15) is 8.42 Å². The van der Waals surface area contributed by atoms with Crippen LogP contribution in [-0.2, 0) is 21.7 Å². The summed E-state index contributed by atoms with van der Waals surface area (Å²) in [5.74, 6) is 1.73. The number of nitrogens with one attached hydrogen (secondary N) is 2. The third kappa shape index (κ3) is 5.53. The van der Waals surface area contributed by atoms with Gasteiger partial charge in [-0.1, -0.05) is 30.3 Å². The van der Waals surface area contributed by atoms with Crippen LogP contribution in [0.1, 0.15) is 30.9 Å². The van der Waals surface area contributed by atoms with Gasteiger partial charge in [-0.25, -0.2) is 8.42 Å². The first kappa shape index (κ1) is 22.2. The van der Waals surface area contributed by atoms with Crippen LogP contribution in [0.5, 0.6) is 5.75 Å². The largest absolute Gasteiger partial charge is 0.496 e. The molecular formula is C23H31N3O3S. The highest BCUT2D eigenvalue weighted by Gasteiger charge is 2.46. The molecule has 0 saturated heterocycles. The lowest BCUT2D eigenvalue weighted by atomic mass is 9.95. The SMILES string of the molecule is CCNC(=NCC1(c2ccccc2OC)CC1)NCCc1ccc(S(C)(=O)=O)cc1. The van der Waals surface area contributed by atoms with E-state index in [1.54, 1.807) is 19.2 Å². The summed E-state index contributed by atoms with van der Waals surface area (Å²) >= 11 is 0. The summed E-state index contributed by atoms with van der Waals surface area (Å²) in [6, 6.07) is 15.3. The summed E-state index contributed by atoms with van der Waals surface area (Å²) in [4.78, 5) is 5.18. The minimum Gasteiger partial charge on any atom is -0.496 e. The molecule has 1 fully saturated rings. The number of aliphatic imine (C=N–C) groups is 1. The first-order valence-electron chi connectivity index (χ1n) is 10.3. The van der Waals surface area contributed by atoms with Gasteiger partial charge in [-0.05, 0) is 49.9 Å². The number of nitrogens with zero attached hydrogens (tertiary/aromatic N) is 1. The molecule has 6 nitrogen and oxygen atoms in total. The quantitative estimate of drug-likeness (QED) is 0.473. The zero-order chi connectivity index (χ0) is 21.6. The van der Waals surface area contributed by atoms with Crippen molar-refractivity contribution >= 4 is 15.8 Å². The normalized spacial score (nSPS) is 15.5. The zero-order valence-electron chi connectivity index (χ0n) is 17.9. The van der Waals surface area contributed by atoms with Crippen molar-refractivity contribution < 1.29 is 13.2 Å². The van der Waals surface area contributed by atoms with E-state index in [2.05, 4.69) is 22.8 Å². The number of sulfone groups is 1. The van der Waals surface area contributed by atoms with Gasteiger partial charge in [0.15, 0.2) is 15.8 Å². The van der Waals surface area contributed by atoms with Crippen LogP contribution < -0.4 is 15.4 Å². The molecule has 2 aromatic rings. The Kier molecular flexibility index (Phi) is 7.02. The molecule has 3 rings (SSSR count). The highest BCUT2D eigenvalue weighted by molar-refractivity contribution is 7.90. The average molecular weight is 430 g/mol. The maximum absolute atomic E-state index is 11.6. The maximum atomic E-state index is 11.6. The van der Waals surface area contributed by atoms with Gasteiger partial charge >= 0.3 is 0 Å². The number of hydrogen-bond acceptors (Lipinski definition) is 4. The number of guanidine groups is 1. The van der Waals surface area contributed by atoms with Gasteiger partial charge in [0.2, 0.25) is 0 Å². The summed E-state index contributed by atoms with van der Waals surface area (Å²) in [7, 11) is -1.44. The summed E-state index contributed by atoms with van der Waals surface area (Å²) < 4.78 is 28.7. The van der Waals surface area contributed by atoms with Crippen LogP contribution in [0.4, 0.5) is 0 Å². The highest BCUT2D eigenvalue weighted by atomic mass is 32.2. The van der Waals surface area contributed by atoms with E-state index in [0.29, 0.717) is 18.0 Å². The van der Waals surface area contributed by atoms with Crippen molar-refractivity contribution in [3.8, 4) is 5.75 Å². The molecule has 0 amide bonds. The Morgan fingerprint density at radius 2 is 1.80 bits per heavy atom. The second-order valence-electron chi connectivity index (χ2n) is 7.77. The van der Waals surface area contributed by atoms with Crippen molar-refractivity contribution in [2.45, 2.75) is 36.5 Å². The molecule has 7 heteroatoms. The summed E-state index contributed by atoms with van der Waals surface area (Å²) in [5, 5.41) is 6.69. The van der Waals surface area contributed by atoms with Gasteiger partial charge in [0.1, 0.15) is 5.75 Å². The summed E-state index contributed by atoms with van der Waals surface area (Å²) in [5.41, 5.74) is 2.38. The number of hydrogen-bond donors (Lipinski definition) is 2. The minimum absolute atomic E-state index is 0.0659. The predicted octanol–water partition coefficient (Wildman–Crippen LogP) is 2.93. The predicted molar refractivity (Wildman–Crippen MR) is 121 cm³/mol. The van der Waals surface area contributed by atoms with E-state index in [-0.39, 0.29) is 5.41 Å². The Morgan fingerprint density at radius 1 is 1.10 bits per heavy atom. The Morgan fingerprint density at radius 3 is 2.40 bits per heavy atom. The van der Waals surface area contributed by atoms with E-state index in [0.717, 1.165) is 43.1 Å². The first-order chi connectivity index (χ1) is 14.4. The van der Waals surface area contributed by atoms with Gasteiger partial charge in [0.05, 0.1) is 18.6 Å². The molecule has 0 unspecified atom stereocenters. The van der Waals surface area contributed by atoms with Crippen molar-refractivity contribution in [3.63, 3.8) is 0 Å². The minimum atomic E-state index is -3.16. The lowest BCUT2D eigenvalue weighted by molar-refractivity contribution is 0.404. The van der Waals surface area contributed by atoms with E-state index in [1.807, 2.05) is 31.2 Å². The van der Waals surface area contributed by atoms with Crippen molar-refractivity contribution in [3.05, 3.63) is 59.7 Å². The molecule has 0 aliphatic heterocycles. The van der Waals surface area contributed by atoms with Crippen LogP contribution in [0.15, 0.2) is 58.4 Å². The lowest BCUT2D eigenvalue weighted by Gasteiger charge is -2.18. The lowest BCUT2D eigenvalue weighted by Crippen LogP contribution is -2.39. The Hall–Kier alpha value is -2.54. The van der Waals surface area contributed by atoms with Gasteiger partial charge in [-0.3, -0.25) is 4.99 Å². The fraction of sp³-hybridized carbons (Fsp3) is 0.435. The molecule has 0 radical (unpaired) electrons. The van der Waals surface area contributed by atoms with Gasteiger partial charge in [0, 0.05) is 30.3 Å². The van der Waals surface area contributed by atoms with Crippen LogP contribution in [0.3, 0.4) is 0 Å². The second-order valence-corrected chi connectivity index (χ2v) is 9.78. The maximum Gasteiger partial charge on any atom is 0.191 e. The van der Waals surface area contributed by atoms with Crippen LogP contribution in [-0.4, -0.2) is 47.4 Å². The van der Waals surface area contributed by atoms with E-state index < -0.39 is 9.84 Å². The Balaban J connectivity index is 1.60. The summed E-state index contributed by atoms with van der Waals surface area (Å²) in [6.45, 7) is 4.27. The molecule has 1 saturated carbocycles. The van der Waals surface area contributed by atoms with Gasteiger partial charge < -0.3 is 15.4 Å². The topological polar surface area (TPSA) is 79.8 Å². The van der Waals surface area contributed by atoms with Crippen LogP contribution in [0.2, 0.25) is 0 Å². The number of methoxy groups -OCH3 is 1. The third-order valence-electron chi connectivity index (χ3n) is 5.47. The van der Waals surface area contributed by atoms with Crippen molar-refractivity contribution in [2.75, 3.05) is 33.0 Å². The van der Waals surface area contributed by atoms with Gasteiger partial charge in [-0.15, -0.1) is 0 Å². The Labute approximate surface area is 179 Å². The Bertz CT molecular complexity index is 981. The van der Waals surface area contributed by atoms with Crippen molar-refractivity contribution in [1.82, 2.24) is 10.6 Å². The van der Waals surface area contributed by atoms with Crippen LogP contribution >= 0.6 is 0 Å². The molecule has 0 heterocycles. The van der Waals surface area contributed by atoms with E-state index in [4.69, 9.17) is 9.73 Å². The monoisotopic (exact) mass is 429 g/mol. The standard InChI is InChI=1S/C23H31N3O3S/c1-4-24-22(25-16-13-18-9-11-19(12-10-18)30(3,27)28)26-17-23(14-15-23)20-7-5-6-8-21(20)29-2/h5-12H,4,13-17H2,1-3H3,(H2,24,25,26). The second kappa shape index (κ2) is 9.51.